The van der Waals surface area contributed by atoms with Crippen LogP contribution in [0.1, 0.15) is 51.2 Å². The van der Waals surface area contributed by atoms with E-state index in [2.05, 4.69) is 54.1 Å². The molecule has 2 aromatic rings. The second kappa shape index (κ2) is 10.7. The molecule has 5 heteroatoms. The van der Waals surface area contributed by atoms with Gasteiger partial charge in [-0.05, 0) is 86.3 Å². The fourth-order valence-electron chi connectivity index (χ4n) is 4.04. The standard InChI is InChI=1S/C25H35N3OS/c1-5-15-27-16-7-8-21-17-20(9-14-24(21)27)18-28(19(3)6-2)25(30)26-22-10-12-23(29-4)13-11-22/h9-14,17,19H,5-8,15-16,18H2,1-4H3,(H,26,30)/t19-/m1/s1. The van der Waals surface area contributed by atoms with E-state index in [0.717, 1.165) is 36.1 Å². The predicted octanol–water partition coefficient (Wildman–Crippen LogP) is 5.86. The summed E-state index contributed by atoms with van der Waals surface area (Å²) in [7, 11) is 1.68. The summed E-state index contributed by atoms with van der Waals surface area (Å²) in [5, 5.41) is 4.17. The maximum Gasteiger partial charge on any atom is 0.173 e. The summed E-state index contributed by atoms with van der Waals surface area (Å²) < 4.78 is 5.25. The molecule has 0 spiro atoms. The smallest absolute Gasteiger partial charge is 0.173 e. The van der Waals surface area contributed by atoms with Crippen LogP contribution < -0.4 is 15.0 Å². The number of benzene rings is 2. The van der Waals surface area contributed by atoms with E-state index in [-0.39, 0.29) is 0 Å². The van der Waals surface area contributed by atoms with Crippen molar-refractivity contribution in [3.8, 4) is 5.75 Å². The van der Waals surface area contributed by atoms with Gasteiger partial charge >= 0.3 is 0 Å². The first-order valence-corrected chi connectivity index (χ1v) is 11.5. The van der Waals surface area contributed by atoms with Crippen LogP contribution in [0, 0.1) is 0 Å². The van der Waals surface area contributed by atoms with Crippen molar-refractivity contribution >= 4 is 28.7 Å². The summed E-state index contributed by atoms with van der Waals surface area (Å²) in [5.41, 5.74) is 5.20. The number of thiocarbonyl (C=S) groups is 1. The van der Waals surface area contributed by atoms with Crippen molar-refractivity contribution in [2.45, 2.75) is 59.0 Å². The Morgan fingerprint density at radius 3 is 2.63 bits per heavy atom. The van der Waals surface area contributed by atoms with Gasteiger partial charge in [-0.1, -0.05) is 26.0 Å². The van der Waals surface area contributed by atoms with Crippen LogP contribution in [0.4, 0.5) is 11.4 Å². The Hall–Kier alpha value is -2.27. The van der Waals surface area contributed by atoms with Crippen LogP contribution in [-0.2, 0) is 13.0 Å². The van der Waals surface area contributed by atoms with E-state index in [4.69, 9.17) is 17.0 Å². The number of methoxy groups -OCH3 is 1. The van der Waals surface area contributed by atoms with Crippen molar-refractivity contribution in [3.05, 3.63) is 53.6 Å². The molecule has 0 bridgehead atoms. The number of nitrogens with one attached hydrogen (secondary N) is 1. The maximum absolute atomic E-state index is 5.81. The third kappa shape index (κ3) is 5.45. The Morgan fingerprint density at radius 1 is 1.20 bits per heavy atom. The largest absolute Gasteiger partial charge is 0.497 e. The highest BCUT2D eigenvalue weighted by Crippen LogP contribution is 2.29. The van der Waals surface area contributed by atoms with Crippen LogP contribution >= 0.6 is 12.2 Å². The number of anilines is 2. The minimum atomic E-state index is 0.357. The molecule has 4 nitrogen and oxygen atoms in total. The second-order valence-corrected chi connectivity index (χ2v) is 8.48. The summed E-state index contributed by atoms with van der Waals surface area (Å²) >= 11 is 5.81. The predicted molar refractivity (Wildman–Crippen MR) is 132 cm³/mol. The van der Waals surface area contributed by atoms with E-state index < -0.39 is 0 Å². The van der Waals surface area contributed by atoms with Gasteiger partial charge in [-0.25, -0.2) is 0 Å². The molecule has 162 valence electrons. The van der Waals surface area contributed by atoms with E-state index in [1.54, 1.807) is 7.11 Å². The third-order valence-electron chi connectivity index (χ3n) is 5.93. The first kappa shape index (κ1) is 22.4. The van der Waals surface area contributed by atoms with Gasteiger partial charge < -0.3 is 19.9 Å². The van der Waals surface area contributed by atoms with Crippen LogP contribution in [0.25, 0.3) is 0 Å². The molecule has 0 saturated heterocycles. The summed E-state index contributed by atoms with van der Waals surface area (Å²) in [6.07, 6.45) is 4.64. The fraction of sp³-hybridized carbons (Fsp3) is 0.480. The Labute approximate surface area is 187 Å². The molecule has 0 unspecified atom stereocenters. The van der Waals surface area contributed by atoms with Gasteiger partial charge in [0.25, 0.3) is 0 Å². The highest BCUT2D eigenvalue weighted by atomic mass is 32.1. The summed E-state index contributed by atoms with van der Waals surface area (Å²) in [4.78, 5) is 4.83. The molecule has 1 aliphatic rings. The third-order valence-corrected chi connectivity index (χ3v) is 6.27. The minimum Gasteiger partial charge on any atom is -0.497 e. The second-order valence-electron chi connectivity index (χ2n) is 8.10. The van der Waals surface area contributed by atoms with E-state index in [9.17, 15) is 0 Å². The number of ether oxygens (including phenoxy) is 1. The summed E-state index contributed by atoms with van der Waals surface area (Å²) in [5.74, 6) is 0.844. The first-order chi connectivity index (χ1) is 14.5. The van der Waals surface area contributed by atoms with Gasteiger partial charge in [-0.15, -0.1) is 0 Å². The van der Waals surface area contributed by atoms with Crippen LogP contribution in [-0.4, -0.2) is 36.3 Å². The number of rotatable bonds is 8. The van der Waals surface area contributed by atoms with Gasteiger partial charge in [-0.3, -0.25) is 0 Å². The molecule has 2 aromatic carbocycles. The number of nitrogens with zero attached hydrogens (tertiary/aromatic N) is 2. The van der Waals surface area contributed by atoms with Gasteiger partial charge in [-0.2, -0.15) is 0 Å². The number of hydrogen-bond donors (Lipinski definition) is 1. The molecule has 0 aromatic heterocycles. The van der Waals surface area contributed by atoms with Crippen LogP contribution in [0.15, 0.2) is 42.5 Å². The van der Waals surface area contributed by atoms with Crippen LogP contribution in [0.3, 0.4) is 0 Å². The average molecular weight is 426 g/mol. The molecule has 1 aliphatic heterocycles. The van der Waals surface area contributed by atoms with E-state index in [1.807, 2.05) is 24.3 Å². The van der Waals surface area contributed by atoms with Gasteiger partial charge in [0.1, 0.15) is 5.75 Å². The van der Waals surface area contributed by atoms with Crippen LogP contribution in [0.2, 0.25) is 0 Å². The number of hydrogen-bond acceptors (Lipinski definition) is 3. The maximum atomic E-state index is 5.81. The Morgan fingerprint density at radius 2 is 1.97 bits per heavy atom. The topological polar surface area (TPSA) is 27.7 Å². The van der Waals surface area contributed by atoms with Crippen molar-refractivity contribution in [2.75, 3.05) is 30.4 Å². The SMILES string of the molecule is CCCN1CCCc2cc(CN(C(=S)Nc3ccc(OC)cc3)[C@H](C)CC)ccc21. The molecule has 0 radical (unpaired) electrons. The van der Waals surface area contributed by atoms with Crippen molar-refractivity contribution in [1.82, 2.24) is 4.90 Å². The average Bonchev–Trinajstić information content (AvgIpc) is 2.77. The first-order valence-electron chi connectivity index (χ1n) is 11.1. The summed E-state index contributed by atoms with van der Waals surface area (Å²) in [6.45, 7) is 9.84. The lowest BCUT2D eigenvalue weighted by Gasteiger charge is -2.33. The van der Waals surface area contributed by atoms with Gasteiger partial charge in [0.15, 0.2) is 5.11 Å². The molecule has 0 amide bonds. The Bertz CT molecular complexity index is 837. The molecule has 0 fully saturated rings. The molecule has 0 aliphatic carbocycles. The van der Waals surface area contributed by atoms with Crippen LogP contribution in [0.5, 0.6) is 5.75 Å². The molecule has 30 heavy (non-hydrogen) atoms. The monoisotopic (exact) mass is 425 g/mol. The lowest BCUT2D eigenvalue weighted by molar-refractivity contribution is 0.319. The Kier molecular flexibility index (Phi) is 7.97. The molecule has 3 rings (SSSR count). The molecule has 1 N–H and O–H groups in total. The Balaban J connectivity index is 1.75. The van der Waals surface area contributed by atoms with E-state index in [1.165, 1.54) is 42.6 Å². The van der Waals surface area contributed by atoms with E-state index in [0.29, 0.717) is 6.04 Å². The zero-order chi connectivity index (χ0) is 21.5. The quantitative estimate of drug-likeness (QED) is 0.535. The van der Waals surface area contributed by atoms with Gasteiger partial charge in [0.2, 0.25) is 0 Å². The molecular formula is C25H35N3OS. The van der Waals surface area contributed by atoms with Crippen molar-refractivity contribution in [2.24, 2.45) is 0 Å². The normalized spacial score (nSPS) is 14.1. The summed E-state index contributed by atoms with van der Waals surface area (Å²) in [6, 6.07) is 15.2. The van der Waals surface area contributed by atoms with E-state index >= 15 is 0 Å². The zero-order valence-electron chi connectivity index (χ0n) is 18.8. The van der Waals surface area contributed by atoms with Crippen molar-refractivity contribution in [1.29, 1.82) is 0 Å². The zero-order valence-corrected chi connectivity index (χ0v) is 19.6. The highest BCUT2D eigenvalue weighted by Gasteiger charge is 2.20. The van der Waals surface area contributed by atoms with Crippen molar-refractivity contribution in [3.63, 3.8) is 0 Å². The van der Waals surface area contributed by atoms with Crippen molar-refractivity contribution < 1.29 is 4.74 Å². The number of fused-ring (bicyclic) bond motifs is 1. The lowest BCUT2D eigenvalue weighted by atomic mass is 9.98. The molecule has 1 heterocycles. The van der Waals surface area contributed by atoms with Gasteiger partial charge in [0.05, 0.1) is 7.11 Å². The number of aryl methyl sites for hydroxylation is 1. The molecular weight excluding hydrogens is 390 g/mol. The molecule has 0 saturated carbocycles. The minimum absolute atomic E-state index is 0.357. The molecule has 1 atom stereocenters. The lowest BCUT2D eigenvalue weighted by Crippen LogP contribution is -2.40. The van der Waals surface area contributed by atoms with Gasteiger partial charge in [0, 0.05) is 37.1 Å². The fourth-order valence-corrected chi connectivity index (χ4v) is 4.41. The highest BCUT2D eigenvalue weighted by molar-refractivity contribution is 7.80.